The number of benzene rings is 2. The quantitative estimate of drug-likeness (QED) is 0.548. The zero-order valence-corrected chi connectivity index (χ0v) is 18.6. The molecule has 0 aliphatic heterocycles. The van der Waals surface area contributed by atoms with Crippen molar-refractivity contribution in [3.8, 4) is 5.75 Å². The first kappa shape index (κ1) is 22.1. The summed E-state index contributed by atoms with van der Waals surface area (Å²) in [6.07, 6.45) is 2.24. The lowest BCUT2D eigenvalue weighted by molar-refractivity contribution is -0.130. The van der Waals surface area contributed by atoms with E-state index in [9.17, 15) is 9.59 Å². The Kier molecular flexibility index (Phi) is 7.31. The minimum Gasteiger partial charge on any atom is -0.483 e. The summed E-state index contributed by atoms with van der Waals surface area (Å²) in [6, 6.07) is 12.2. The van der Waals surface area contributed by atoms with Crippen LogP contribution in [0, 0.1) is 0 Å². The first-order valence-electron chi connectivity index (χ1n) is 8.96. The van der Waals surface area contributed by atoms with Crippen LogP contribution in [0.2, 0.25) is 10.0 Å². The number of nitrogens with one attached hydrogen (secondary N) is 1. The Morgan fingerprint density at radius 2 is 1.90 bits per heavy atom. The molecule has 3 rings (SSSR count). The molecule has 9 heteroatoms. The van der Waals surface area contributed by atoms with Gasteiger partial charge in [-0.2, -0.15) is 0 Å². The molecule has 3 aromatic rings. The van der Waals surface area contributed by atoms with Gasteiger partial charge >= 0.3 is 0 Å². The fraction of sp³-hybridized carbons (Fsp3) is 0.190. The summed E-state index contributed by atoms with van der Waals surface area (Å²) >= 11 is 13.7. The maximum Gasteiger partial charge on any atom is 0.261 e. The third-order valence-corrected chi connectivity index (χ3v) is 5.92. The largest absolute Gasteiger partial charge is 0.483 e. The van der Waals surface area contributed by atoms with Crippen molar-refractivity contribution in [3.63, 3.8) is 0 Å². The Bertz CT molecular complexity index is 1070. The second kappa shape index (κ2) is 9.93. The van der Waals surface area contributed by atoms with E-state index < -0.39 is 0 Å². The van der Waals surface area contributed by atoms with Crippen molar-refractivity contribution in [2.24, 2.45) is 0 Å². The maximum atomic E-state index is 12.7. The maximum absolute atomic E-state index is 12.7. The average molecular weight is 464 g/mol. The van der Waals surface area contributed by atoms with E-state index in [4.69, 9.17) is 27.9 Å². The minimum absolute atomic E-state index is 0.154. The van der Waals surface area contributed by atoms with Crippen LogP contribution in [0.15, 0.2) is 48.7 Å². The van der Waals surface area contributed by atoms with Crippen LogP contribution in [-0.4, -0.2) is 42.4 Å². The van der Waals surface area contributed by atoms with Crippen molar-refractivity contribution in [3.05, 3.63) is 74.7 Å². The Morgan fingerprint density at radius 1 is 1.13 bits per heavy atom. The Balaban J connectivity index is 1.68. The number of nitrogens with zero attached hydrogens (tertiary/aromatic N) is 2. The summed E-state index contributed by atoms with van der Waals surface area (Å²) in [5.41, 5.74) is 1.20. The van der Waals surface area contributed by atoms with Crippen LogP contribution < -0.4 is 10.1 Å². The number of thiazole rings is 1. The Labute approximate surface area is 188 Å². The molecule has 0 radical (unpaired) electrons. The standard InChI is InChI=1S/C21H19Cl2N3O3S/c1-26(2)18(27)12-29-17-9-4-3-7-15(17)20(28)25-21-24-11-14(30-21)10-13-6-5-8-16(22)19(13)23/h3-9,11H,10,12H2,1-2H3,(H,24,25,28). The number of aromatic nitrogens is 1. The molecule has 30 heavy (non-hydrogen) atoms. The van der Waals surface area contributed by atoms with E-state index in [0.717, 1.165) is 10.4 Å². The number of para-hydroxylation sites is 1. The normalized spacial score (nSPS) is 10.5. The SMILES string of the molecule is CN(C)C(=O)COc1ccccc1C(=O)Nc1ncc(Cc2cccc(Cl)c2Cl)s1. The Morgan fingerprint density at radius 3 is 2.67 bits per heavy atom. The van der Waals surface area contributed by atoms with Crippen molar-refractivity contribution < 1.29 is 14.3 Å². The topological polar surface area (TPSA) is 71.5 Å². The highest BCUT2D eigenvalue weighted by molar-refractivity contribution is 7.15. The van der Waals surface area contributed by atoms with E-state index in [1.807, 2.05) is 12.1 Å². The van der Waals surface area contributed by atoms with Gasteiger partial charge in [-0.1, -0.05) is 47.5 Å². The number of likely N-dealkylation sites (N-methyl/N-ethyl adjacent to an activating group) is 1. The number of carbonyl (C=O) groups is 2. The van der Waals surface area contributed by atoms with Crippen molar-refractivity contribution >= 4 is 51.5 Å². The average Bonchev–Trinajstić information content (AvgIpc) is 3.16. The van der Waals surface area contributed by atoms with E-state index in [2.05, 4.69) is 10.3 Å². The number of halogens is 2. The number of carbonyl (C=O) groups excluding carboxylic acids is 2. The van der Waals surface area contributed by atoms with Gasteiger partial charge in [-0.25, -0.2) is 4.98 Å². The number of anilines is 1. The van der Waals surface area contributed by atoms with Crippen LogP contribution in [0.4, 0.5) is 5.13 Å². The number of hydrogen-bond donors (Lipinski definition) is 1. The van der Waals surface area contributed by atoms with Crippen molar-refractivity contribution in [2.75, 3.05) is 26.0 Å². The van der Waals surface area contributed by atoms with Crippen molar-refractivity contribution in [1.82, 2.24) is 9.88 Å². The van der Waals surface area contributed by atoms with Gasteiger partial charge < -0.3 is 9.64 Å². The van der Waals surface area contributed by atoms with Gasteiger partial charge in [0.25, 0.3) is 11.8 Å². The van der Waals surface area contributed by atoms with Crippen LogP contribution in [0.5, 0.6) is 5.75 Å². The van der Waals surface area contributed by atoms with Gasteiger partial charge in [0.05, 0.1) is 15.6 Å². The molecule has 6 nitrogen and oxygen atoms in total. The van der Waals surface area contributed by atoms with Gasteiger partial charge in [-0.05, 0) is 23.8 Å². The molecule has 2 amide bonds. The lowest BCUT2D eigenvalue weighted by Gasteiger charge is -2.13. The van der Waals surface area contributed by atoms with Crippen LogP contribution in [0.1, 0.15) is 20.8 Å². The summed E-state index contributed by atoms with van der Waals surface area (Å²) in [4.78, 5) is 31.1. The number of hydrogen-bond acceptors (Lipinski definition) is 5. The lowest BCUT2D eigenvalue weighted by Crippen LogP contribution is -2.28. The number of amides is 2. The van der Waals surface area contributed by atoms with Crippen LogP contribution in [-0.2, 0) is 11.2 Å². The molecular weight excluding hydrogens is 445 g/mol. The van der Waals surface area contributed by atoms with Gasteiger partial charge in [0, 0.05) is 31.6 Å². The lowest BCUT2D eigenvalue weighted by atomic mass is 10.1. The van der Waals surface area contributed by atoms with E-state index in [1.54, 1.807) is 50.6 Å². The summed E-state index contributed by atoms with van der Waals surface area (Å²) in [5, 5.41) is 4.23. The monoisotopic (exact) mass is 463 g/mol. The molecule has 156 valence electrons. The predicted octanol–water partition coefficient (Wildman–Crippen LogP) is 4.76. The molecule has 1 N–H and O–H groups in total. The van der Waals surface area contributed by atoms with Crippen LogP contribution in [0.25, 0.3) is 0 Å². The molecule has 0 unspecified atom stereocenters. The summed E-state index contributed by atoms with van der Waals surface area (Å²) < 4.78 is 5.53. The highest BCUT2D eigenvalue weighted by atomic mass is 35.5. The van der Waals surface area contributed by atoms with Crippen molar-refractivity contribution in [2.45, 2.75) is 6.42 Å². The summed E-state index contributed by atoms with van der Waals surface area (Å²) in [7, 11) is 3.28. The summed E-state index contributed by atoms with van der Waals surface area (Å²) in [5.74, 6) is -0.244. The second-order valence-electron chi connectivity index (χ2n) is 6.55. The molecule has 0 spiro atoms. The minimum atomic E-state index is -0.371. The molecule has 0 saturated heterocycles. The third-order valence-electron chi connectivity index (χ3n) is 4.15. The summed E-state index contributed by atoms with van der Waals surface area (Å²) in [6.45, 7) is -0.154. The zero-order valence-electron chi connectivity index (χ0n) is 16.3. The fourth-order valence-electron chi connectivity index (χ4n) is 2.53. The molecule has 0 saturated carbocycles. The second-order valence-corrected chi connectivity index (χ2v) is 8.45. The molecule has 1 aromatic heterocycles. The highest BCUT2D eigenvalue weighted by Crippen LogP contribution is 2.30. The van der Waals surface area contributed by atoms with Crippen LogP contribution in [0.3, 0.4) is 0 Å². The predicted molar refractivity (Wildman–Crippen MR) is 120 cm³/mol. The third kappa shape index (κ3) is 5.50. The van der Waals surface area contributed by atoms with Crippen molar-refractivity contribution in [1.29, 1.82) is 0 Å². The molecule has 0 aliphatic rings. The van der Waals surface area contributed by atoms with Gasteiger partial charge in [-0.3, -0.25) is 14.9 Å². The molecule has 0 aliphatic carbocycles. The zero-order chi connectivity index (χ0) is 21.7. The molecule has 0 atom stereocenters. The number of rotatable bonds is 7. The molecule has 1 heterocycles. The molecule has 0 bridgehead atoms. The fourth-order valence-corrected chi connectivity index (χ4v) is 3.75. The van der Waals surface area contributed by atoms with Gasteiger partial charge in [0.15, 0.2) is 11.7 Å². The first-order valence-corrected chi connectivity index (χ1v) is 10.5. The molecule has 2 aromatic carbocycles. The van der Waals surface area contributed by atoms with E-state index in [0.29, 0.717) is 32.9 Å². The van der Waals surface area contributed by atoms with E-state index in [1.165, 1.54) is 16.2 Å². The molecular formula is C21H19Cl2N3O3S. The van der Waals surface area contributed by atoms with E-state index in [-0.39, 0.29) is 18.4 Å². The highest BCUT2D eigenvalue weighted by Gasteiger charge is 2.16. The van der Waals surface area contributed by atoms with Gasteiger partial charge in [-0.15, -0.1) is 11.3 Å². The van der Waals surface area contributed by atoms with Crippen LogP contribution >= 0.6 is 34.5 Å². The molecule has 0 fully saturated rings. The smallest absolute Gasteiger partial charge is 0.261 e. The van der Waals surface area contributed by atoms with Gasteiger partial charge in [0.2, 0.25) is 0 Å². The van der Waals surface area contributed by atoms with Gasteiger partial charge in [0.1, 0.15) is 5.75 Å². The Hall–Kier alpha value is -2.61. The first-order chi connectivity index (χ1) is 14.3. The number of ether oxygens (including phenoxy) is 1. The van der Waals surface area contributed by atoms with E-state index >= 15 is 0 Å².